The van der Waals surface area contributed by atoms with Crippen molar-refractivity contribution in [1.82, 2.24) is 19.9 Å². The number of hydrogen-bond acceptors (Lipinski definition) is 4. The van der Waals surface area contributed by atoms with Gasteiger partial charge in [-0.15, -0.1) is 0 Å². The molecule has 0 fully saturated rings. The molecule has 0 aliphatic heterocycles. The number of nitrogens with zero attached hydrogens (tertiary/aromatic N) is 3. The molecule has 22 heavy (non-hydrogen) atoms. The first-order chi connectivity index (χ1) is 10.5. The minimum Gasteiger partial charge on any atom is -0.346 e. The number of aryl methyl sites for hydroxylation is 2. The maximum atomic E-state index is 13.6. The summed E-state index contributed by atoms with van der Waals surface area (Å²) in [5, 5.41) is 7.73. The number of hydrogen-bond donors (Lipinski definition) is 1. The second-order valence-electron chi connectivity index (χ2n) is 4.77. The lowest BCUT2D eigenvalue weighted by atomic mass is 10.2. The Bertz CT molecular complexity index is 871. The molecule has 0 aliphatic rings. The van der Waals surface area contributed by atoms with Crippen molar-refractivity contribution in [2.45, 2.75) is 20.4 Å². The fraction of sp³-hybridized carbons (Fsp3) is 0.214. The highest BCUT2D eigenvalue weighted by Crippen LogP contribution is 2.18. The normalized spacial score (nSPS) is 11.1. The third kappa shape index (κ3) is 2.57. The highest BCUT2D eigenvalue weighted by Gasteiger charge is 2.16. The van der Waals surface area contributed by atoms with Gasteiger partial charge in [-0.1, -0.05) is 11.3 Å². The van der Waals surface area contributed by atoms with Crippen LogP contribution in [0.4, 0.5) is 8.78 Å². The van der Waals surface area contributed by atoms with Crippen LogP contribution >= 0.6 is 11.3 Å². The van der Waals surface area contributed by atoms with Gasteiger partial charge in [0.1, 0.15) is 16.6 Å². The number of imidazole rings is 1. The van der Waals surface area contributed by atoms with Gasteiger partial charge in [-0.3, -0.25) is 4.79 Å². The number of rotatable bonds is 3. The number of carbonyl (C=O) groups excluding carboxylic acids is 1. The molecule has 1 amide bonds. The third-order valence-corrected chi connectivity index (χ3v) is 4.01. The molecule has 0 bridgehead atoms. The lowest BCUT2D eigenvalue weighted by molar-refractivity contribution is 0.0945. The molecule has 0 unspecified atom stereocenters. The minimum absolute atomic E-state index is 0.130. The number of aromatic nitrogens is 3. The zero-order valence-electron chi connectivity index (χ0n) is 11.9. The highest BCUT2D eigenvalue weighted by molar-refractivity contribution is 7.16. The van der Waals surface area contributed by atoms with Crippen molar-refractivity contribution in [2.75, 3.05) is 0 Å². The van der Waals surface area contributed by atoms with Gasteiger partial charge in [0, 0.05) is 0 Å². The second kappa shape index (κ2) is 5.45. The fourth-order valence-electron chi connectivity index (χ4n) is 2.12. The zero-order valence-corrected chi connectivity index (χ0v) is 12.7. The van der Waals surface area contributed by atoms with E-state index >= 15 is 0 Å². The van der Waals surface area contributed by atoms with Gasteiger partial charge < -0.3 is 5.32 Å². The number of halogens is 2. The van der Waals surface area contributed by atoms with Crippen LogP contribution in [0, 0.1) is 25.5 Å². The van der Waals surface area contributed by atoms with Crippen LogP contribution in [0.1, 0.15) is 26.8 Å². The Hall–Kier alpha value is -2.35. The Kier molecular flexibility index (Phi) is 3.61. The number of benzene rings is 1. The Morgan fingerprint density at radius 3 is 2.91 bits per heavy atom. The Morgan fingerprint density at radius 2 is 2.14 bits per heavy atom. The topological polar surface area (TPSA) is 59.3 Å². The van der Waals surface area contributed by atoms with Crippen LogP contribution < -0.4 is 5.32 Å². The van der Waals surface area contributed by atoms with Gasteiger partial charge in [0.25, 0.3) is 5.91 Å². The summed E-state index contributed by atoms with van der Waals surface area (Å²) in [6.07, 6.45) is 0. The summed E-state index contributed by atoms with van der Waals surface area (Å²) in [4.78, 5) is 17.1. The van der Waals surface area contributed by atoms with E-state index in [1.54, 1.807) is 11.4 Å². The third-order valence-electron chi connectivity index (χ3n) is 3.19. The zero-order chi connectivity index (χ0) is 15.9. The van der Waals surface area contributed by atoms with E-state index in [1.165, 1.54) is 11.3 Å². The molecule has 8 heteroatoms. The van der Waals surface area contributed by atoms with Crippen molar-refractivity contribution in [3.05, 3.63) is 51.8 Å². The van der Waals surface area contributed by atoms with Crippen LogP contribution in [0.2, 0.25) is 0 Å². The average molecular weight is 322 g/mol. The maximum absolute atomic E-state index is 13.6. The van der Waals surface area contributed by atoms with Crippen molar-refractivity contribution in [3.63, 3.8) is 0 Å². The molecular weight excluding hydrogens is 310 g/mol. The summed E-state index contributed by atoms with van der Waals surface area (Å²) >= 11 is 1.44. The van der Waals surface area contributed by atoms with Crippen molar-refractivity contribution >= 4 is 22.2 Å². The van der Waals surface area contributed by atoms with Gasteiger partial charge in [0.15, 0.2) is 0 Å². The largest absolute Gasteiger partial charge is 0.346 e. The van der Waals surface area contributed by atoms with Crippen LogP contribution in [0.5, 0.6) is 0 Å². The van der Waals surface area contributed by atoms with Crippen LogP contribution in [0.3, 0.4) is 0 Å². The molecule has 114 valence electrons. The molecule has 0 atom stereocenters. The van der Waals surface area contributed by atoms with Crippen molar-refractivity contribution < 1.29 is 13.6 Å². The predicted octanol–water partition coefficient (Wildman–Crippen LogP) is 2.62. The van der Waals surface area contributed by atoms with Crippen LogP contribution in [0.15, 0.2) is 18.2 Å². The van der Waals surface area contributed by atoms with Gasteiger partial charge >= 0.3 is 0 Å². The van der Waals surface area contributed by atoms with Crippen molar-refractivity contribution in [1.29, 1.82) is 0 Å². The summed E-state index contributed by atoms with van der Waals surface area (Å²) < 4.78 is 28.3. The second-order valence-corrected chi connectivity index (χ2v) is 5.93. The minimum atomic E-state index is -0.765. The molecule has 0 radical (unpaired) electrons. The van der Waals surface area contributed by atoms with Crippen LogP contribution in [-0.2, 0) is 6.54 Å². The van der Waals surface area contributed by atoms with Gasteiger partial charge in [-0.25, -0.2) is 18.3 Å². The maximum Gasteiger partial charge on any atom is 0.254 e. The van der Waals surface area contributed by atoms with E-state index in [-0.39, 0.29) is 12.1 Å². The van der Waals surface area contributed by atoms with Crippen molar-refractivity contribution in [2.24, 2.45) is 0 Å². The molecule has 0 spiro atoms. The number of carbonyl (C=O) groups is 1. The van der Waals surface area contributed by atoms with E-state index in [9.17, 15) is 13.6 Å². The Labute approximate surface area is 128 Å². The SMILES string of the molecule is Cc1nn2c(CNC(=O)c3cc(F)ccc3F)c(C)nc2s1. The van der Waals surface area contributed by atoms with Crippen molar-refractivity contribution in [3.8, 4) is 0 Å². The lowest BCUT2D eigenvalue weighted by Gasteiger charge is -2.06. The van der Waals surface area contributed by atoms with E-state index < -0.39 is 17.5 Å². The summed E-state index contributed by atoms with van der Waals surface area (Å²) in [6, 6.07) is 2.77. The smallest absolute Gasteiger partial charge is 0.254 e. The summed E-state index contributed by atoms with van der Waals surface area (Å²) in [5.41, 5.74) is 1.12. The molecule has 5 nitrogen and oxygen atoms in total. The van der Waals surface area contributed by atoms with E-state index in [2.05, 4.69) is 15.4 Å². The number of nitrogens with one attached hydrogen (secondary N) is 1. The summed E-state index contributed by atoms with van der Waals surface area (Å²) in [6.45, 7) is 3.80. The van der Waals surface area contributed by atoms with E-state index in [4.69, 9.17) is 0 Å². The molecule has 3 aromatic rings. The molecule has 2 heterocycles. The van der Waals surface area contributed by atoms with Gasteiger partial charge in [-0.05, 0) is 32.0 Å². The lowest BCUT2D eigenvalue weighted by Crippen LogP contribution is -2.25. The molecule has 0 aliphatic carbocycles. The van der Waals surface area contributed by atoms with E-state index in [1.807, 2.05) is 6.92 Å². The first kappa shape index (κ1) is 14.6. The number of fused-ring (bicyclic) bond motifs is 1. The predicted molar refractivity (Wildman–Crippen MR) is 77.9 cm³/mol. The molecule has 2 aromatic heterocycles. The van der Waals surface area contributed by atoms with Gasteiger partial charge in [0.2, 0.25) is 4.96 Å². The quantitative estimate of drug-likeness (QED) is 0.806. The molecule has 1 N–H and O–H groups in total. The monoisotopic (exact) mass is 322 g/mol. The Morgan fingerprint density at radius 1 is 1.36 bits per heavy atom. The first-order valence-electron chi connectivity index (χ1n) is 6.50. The van der Waals surface area contributed by atoms with Crippen LogP contribution in [-0.4, -0.2) is 20.5 Å². The summed E-state index contributed by atoms with van der Waals surface area (Å²) in [5.74, 6) is -2.11. The van der Waals surface area contributed by atoms with E-state index in [0.29, 0.717) is 5.69 Å². The molecule has 0 saturated carbocycles. The summed E-state index contributed by atoms with van der Waals surface area (Å²) in [7, 11) is 0. The van der Waals surface area contributed by atoms with Crippen LogP contribution in [0.25, 0.3) is 4.96 Å². The fourth-order valence-corrected chi connectivity index (χ4v) is 2.93. The van der Waals surface area contributed by atoms with Gasteiger partial charge in [0.05, 0.1) is 23.5 Å². The molecule has 3 rings (SSSR count). The standard InChI is InChI=1S/C14H12F2N4OS/c1-7-12(20-14(18-7)22-8(2)19-20)6-17-13(21)10-5-9(15)3-4-11(10)16/h3-5H,6H2,1-2H3,(H,17,21). The number of amides is 1. The highest BCUT2D eigenvalue weighted by atomic mass is 32.1. The first-order valence-corrected chi connectivity index (χ1v) is 7.32. The van der Waals surface area contributed by atoms with E-state index in [0.717, 1.165) is 33.9 Å². The molecular formula is C14H12F2N4OS. The molecule has 1 aromatic carbocycles. The van der Waals surface area contributed by atoms with Gasteiger partial charge in [-0.2, -0.15) is 5.10 Å². The molecule has 0 saturated heterocycles. The Balaban J connectivity index is 1.83. The average Bonchev–Trinajstić information content (AvgIpc) is 2.94.